The summed E-state index contributed by atoms with van der Waals surface area (Å²) in [6.07, 6.45) is 0.352. The van der Waals surface area contributed by atoms with E-state index in [1.807, 2.05) is 0 Å². The fourth-order valence-corrected chi connectivity index (χ4v) is 2.78. The van der Waals surface area contributed by atoms with Crippen molar-refractivity contribution in [2.45, 2.75) is 18.6 Å². The van der Waals surface area contributed by atoms with Gasteiger partial charge >= 0.3 is 0 Å². The van der Waals surface area contributed by atoms with Crippen molar-refractivity contribution in [2.75, 3.05) is 13.2 Å². The second-order valence-corrected chi connectivity index (χ2v) is 4.65. The summed E-state index contributed by atoms with van der Waals surface area (Å²) in [6.45, 7) is 0.397. The molecule has 2 heterocycles. The molecule has 0 aromatic heterocycles. The minimum Gasteiger partial charge on any atom is -0.508 e. The Morgan fingerprint density at radius 3 is 3.11 bits per heavy atom. The van der Waals surface area contributed by atoms with Gasteiger partial charge in [0.05, 0.1) is 12.5 Å². The van der Waals surface area contributed by atoms with Gasteiger partial charge in [-0.15, -0.1) is 0 Å². The Labute approximate surface area is 103 Å². The van der Waals surface area contributed by atoms with Crippen LogP contribution in [-0.2, 0) is 4.74 Å². The molecule has 6 nitrogen and oxygen atoms in total. The molecule has 0 radical (unpaired) electrons. The fourth-order valence-electron chi connectivity index (χ4n) is 2.78. The molecule has 96 valence electrons. The van der Waals surface area contributed by atoms with Crippen molar-refractivity contribution in [2.24, 2.45) is 5.92 Å². The van der Waals surface area contributed by atoms with Crippen molar-refractivity contribution >= 4 is 0 Å². The number of fused-ring (bicyclic) bond motifs is 2. The maximum Gasteiger partial charge on any atom is 0.211 e. The third-order valence-corrected chi connectivity index (χ3v) is 3.58. The molecule has 0 spiro atoms. The number of hydrogen-bond acceptors (Lipinski definition) is 5. The monoisotopic (exact) mass is 251 g/mol. The van der Waals surface area contributed by atoms with Gasteiger partial charge in [0, 0.05) is 16.4 Å². The third kappa shape index (κ3) is 1.78. The highest BCUT2D eigenvalue weighted by Gasteiger charge is 2.44. The van der Waals surface area contributed by atoms with Gasteiger partial charge < -0.3 is 14.6 Å². The van der Waals surface area contributed by atoms with Crippen LogP contribution in [0.2, 0.25) is 0 Å². The number of rotatable bonds is 2. The summed E-state index contributed by atoms with van der Waals surface area (Å²) in [5, 5.41) is 20.3. The van der Waals surface area contributed by atoms with Gasteiger partial charge in [-0.3, -0.25) is 10.1 Å². The Kier molecular flexibility index (Phi) is 2.59. The highest BCUT2D eigenvalue weighted by atomic mass is 16.7. The van der Waals surface area contributed by atoms with E-state index in [4.69, 9.17) is 9.47 Å². The van der Waals surface area contributed by atoms with Gasteiger partial charge in [0.15, 0.2) is 0 Å². The van der Waals surface area contributed by atoms with Crippen LogP contribution in [0, 0.1) is 16.0 Å². The van der Waals surface area contributed by atoms with Crippen molar-refractivity contribution < 1.29 is 19.5 Å². The molecule has 1 aromatic carbocycles. The Hall–Kier alpha value is -1.82. The first kappa shape index (κ1) is 11.3. The molecule has 18 heavy (non-hydrogen) atoms. The highest BCUT2D eigenvalue weighted by Crippen LogP contribution is 2.45. The van der Waals surface area contributed by atoms with E-state index in [1.165, 1.54) is 6.07 Å². The molecule has 3 atom stereocenters. The van der Waals surface area contributed by atoms with Gasteiger partial charge in [-0.05, 0) is 24.6 Å². The van der Waals surface area contributed by atoms with E-state index in [9.17, 15) is 15.2 Å². The summed E-state index contributed by atoms with van der Waals surface area (Å²) >= 11 is 0. The van der Waals surface area contributed by atoms with E-state index in [0.717, 1.165) is 6.42 Å². The molecule has 2 aliphatic heterocycles. The first-order valence-electron chi connectivity index (χ1n) is 5.88. The first-order valence-corrected chi connectivity index (χ1v) is 5.88. The van der Waals surface area contributed by atoms with Crippen LogP contribution in [0.5, 0.6) is 11.5 Å². The topological polar surface area (TPSA) is 81.8 Å². The van der Waals surface area contributed by atoms with Crippen LogP contribution in [0.25, 0.3) is 0 Å². The minimum absolute atomic E-state index is 0.00954. The molecule has 0 unspecified atom stereocenters. The number of phenolic OH excluding ortho intramolecular Hbond substituents is 1. The lowest BCUT2D eigenvalue weighted by atomic mass is 9.82. The highest BCUT2D eigenvalue weighted by molar-refractivity contribution is 5.44. The number of nitrogens with zero attached hydrogens (tertiary/aromatic N) is 1. The number of benzene rings is 1. The maximum atomic E-state index is 10.8. The smallest absolute Gasteiger partial charge is 0.211 e. The van der Waals surface area contributed by atoms with Gasteiger partial charge in [-0.1, -0.05) is 0 Å². The third-order valence-electron chi connectivity index (χ3n) is 3.58. The van der Waals surface area contributed by atoms with Crippen LogP contribution >= 0.6 is 0 Å². The minimum atomic E-state index is -0.396. The zero-order valence-electron chi connectivity index (χ0n) is 9.61. The molecule has 0 aliphatic carbocycles. The number of hydrogen-bond donors (Lipinski definition) is 1. The quantitative estimate of drug-likeness (QED) is 0.636. The molecule has 0 bridgehead atoms. The SMILES string of the molecule is O=[N+]([O-])C[C@@H]1c2cc(O)ccc2O[C@H]2OCC[C@H]21. The van der Waals surface area contributed by atoms with E-state index < -0.39 is 6.29 Å². The maximum absolute atomic E-state index is 10.8. The van der Waals surface area contributed by atoms with Gasteiger partial charge in [0.25, 0.3) is 0 Å². The normalized spacial score (nSPS) is 29.2. The van der Waals surface area contributed by atoms with Crippen LogP contribution in [0.4, 0.5) is 0 Å². The summed E-state index contributed by atoms with van der Waals surface area (Å²) < 4.78 is 11.1. The lowest BCUT2D eigenvalue weighted by Gasteiger charge is -2.32. The van der Waals surface area contributed by atoms with Crippen molar-refractivity contribution in [1.29, 1.82) is 0 Å². The second kappa shape index (κ2) is 4.13. The van der Waals surface area contributed by atoms with Crippen LogP contribution in [0.3, 0.4) is 0 Å². The largest absolute Gasteiger partial charge is 0.508 e. The van der Waals surface area contributed by atoms with E-state index >= 15 is 0 Å². The molecule has 0 amide bonds. The Morgan fingerprint density at radius 2 is 2.33 bits per heavy atom. The van der Waals surface area contributed by atoms with E-state index in [1.54, 1.807) is 12.1 Å². The van der Waals surface area contributed by atoms with Crippen LogP contribution in [0.1, 0.15) is 17.9 Å². The van der Waals surface area contributed by atoms with Crippen LogP contribution < -0.4 is 4.74 Å². The van der Waals surface area contributed by atoms with Crippen molar-refractivity contribution in [3.63, 3.8) is 0 Å². The van der Waals surface area contributed by atoms with E-state index in [0.29, 0.717) is 17.9 Å². The predicted octanol–water partition coefficient (Wildman–Crippen LogP) is 1.51. The van der Waals surface area contributed by atoms with E-state index in [2.05, 4.69) is 0 Å². The van der Waals surface area contributed by atoms with Crippen molar-refractivity contribution in [1.82, 2.24) is 0 Å². The summed E-state index contributed by atoms with van der Waals surface area (Å²) in [7, 11) is 0. The van der Waals surface area contributed by atoms with Gasteiger partial charge in [-0.2, -0.15) is 0 Å². The molecule has 1 N–H and O–H groups in total. The van der Waals surface area contributed by atoms with Crippen molar-refractivity contribution in [3.05, 3.63) is 33.9 Å². The summed E-state index contributed by atoms with van der Waals surface area (Å²) in [5.41, 5.74) is 0.707. The molecule has 1 fully saturated rings. The average molecular weight is 251 g/mol. The molecule has 1 aromatic rings. The average Bonchev–Trinajstić information content (AvgIpc) is 2.77. The molecule has 3 rings (SSSR count). The summed E-state index contributed by atoms with van der Waals surface area (Å²) in [4.78, 5) is 10.5. The standard InChI is InChI=1S/C12H13NO5/c14-7-1-2-11-9(5-7)10(6-13(15)16)8-3-4-17-12(8)18-11/h1-2,5,8,10,12,14H,3-4,6H2/t8-,10-,12+/m0/s1. The van der Waals surface area contributed by atoms with Gasteiger partial charge in [-0.25, -0.2) is 0 Å². The van der Waals surface area contributed by atoms with Crippen LogP contribution in [-0.4, -0.2) is 29.5 Å². The lowest BCUT2D eigenvalue weighted by Crippen LogP contribution is -2.35. The fraction of sp³-hybridized carbons (Fsp3) is 0.500. The zero-order valence-corrected chi connectivity index (χ0v) is 9.61. The second-order valence-electron chi connectivity index (χ2n) is 4.65. The Balaban J connectivity index is 2.02. The molecule has 0 saturated carbocycles. The van der Waals surface area contributed by atoms with Crippen LogP contribution in [0.15, 0.2) is 18.2 Å². The van der Waals surface area contributed by atoms with Crippen molar-refractivity contribution in [3.8, 4) is 11.5 Å². The summed E-state index contributed by atoms with van der Waals surface area (Å²) in [6, 6.07) is 4.70. The molecular formula is C12H13NO5. The van der Waals surface area contributed by atoms with E-state index in [-0.39, 0.29) is 29.1 Å². The molecule has 1 saturated heterocycles. The number of phenols is 1. The molecule has 2 aliphatic rings. The molecular weight excluding hydrogens is 238 g/mol. The molecule has 6 heteroatoms. The zero-order chi connectivity index (χ0) is 12.7. The Morgan fingerprint density at radius 1 is 1.50 bits per heavy atom. The number of nitro groups is 1. The predicted molar refractivity (Wildman–Crippen MR) is 61.2 cm³/mol. The summed E-state index contributed by atoms with van der Waals surface area (Å²) in [5.74, 6) is 0.402. The van der Waals surface area contributed by atoms with Gasteiger partial charge in [0.2, 0.25) is 12.8 Å². The first-order chi connectivity index (χ1) is 8.65. The number of ether oxygens (including phenoxy) is 2. The number of aromatic hydroxyl groups is 1. The lowest BCUT2D eigenvalue weighted by molar-refractivity contribution is -0.485. The Bertz CT molecular complexity index is 489. The van der Waals surface area contributed by atoms with Gasteiger partial charge in [0.1, 0.15) is 11.5 Å².